The van der Waals surface area contributed by atoms with Crippen LogP contribution in [0.2, 0.25) is 0 Å². The molecule has 3 aromatic heterocycles. The SMILES string of the molecule is O=C(Nc1cn[nH]c1-c1ccccn1)c1ccc2n1CCNC21CCC1. The molecule has 7 nitrogen and oxygen atoms in total. The molecule has 5 rings (SSSR count). The molecule has 1 saturated carbocycles. The third-order valence-corrected chi connectivity index (χ3v) is 5.52. The number of aromatic amines is 1. The fourth-order valence-electron chi connectivity index (χ4n) is 4.06. The van der Waals surface area contributed by atoms with Gasteiger partial charge in [0.05, 0.1) is 23.1 Å². The fourth-order valence-corrected chi connectivity index (χ4v) is 4.06. The molecule has 1 spiro atoms. The summed E-state index contributed by atoms with van der Waals surface area (Å²) in [7, 11) is 0. The zero-order valence-electron chi connectivity index (χ0n) is 14.3. The summed E-state index contributed by atoms with van der Waals surface area (Å²) >= 11 is 0. The first-order valence-electron chi connectivity index (χ1n) is 8.98. The Morgan fingerprint density at radius 1 is 1.23 bits per heavy atom. The van der Waals surface area contributed by atoms with Crippen LogP contribution in [0.1, 0.15) is 35.4 Å². The standard InChI is InChI=1S/C19H20N6O/c26-18(23-14-12-22-24-17(14)13-4-1-2-9-20-13)15-5-6-16-19(7-3-8-19)21-10-11-25(15)16/h1-2,4-6,9,12,21H,3,7-8,10-11H2,(H,22,24)(H,23,26). The third-order valence-electron chi connectivity index (χ3n) is 5.52. The highest BCUT2D eigenvalue weighted by molar-refractivity contribution is 6.05. The second-order valence-electron chi connectivity index (χ2n) is 6.95. The van der Waals surface area contributed by atoms with Crippen LogP contribution in [0.3, 0.4) is 0 Å². The Bertz CT molecular complexity index is 954. The lowest BCUT2D eigenvalue weighted by molar-refractivity contribution is 0.100. The van der Waals surface area contributed by atoms with Gasteiger partial charge in [-0.15, -0.1) is 0 Å². The van der Waals surface area contributed by atoms with Crippen molar-refractivity contribution in [1.82, 2.24) is 25.1 Å². The van der Waals surface area contributed by atoms with Crippen molar-refractivity contribution in [3.63, 3.8) is 0 Å². The number of aromatic nitrogens is 4. The Hall–Kier alpha value is -2.93. The molecule has 7 heteroatoms. The molecule has 0 radical (unpaired) electrons. The number of pyridine rings is 1. The maximum atomic E-state index is 12.9. The van der Waals surface area contributed by atoms with Crippen molar-refractivity contribution in [3.05, 3.63) is 54.1 Å². The van der Waals surface area contributed by atoms with E-state index in [-0.39, 0.29) is 11.4 Å². The van der Waals surface area contributed by atoms with Gasteiger partial charge >= 0.3 is 0 Å². The summed E-state index contributed by atoms with van der Waals surface area (Å²) in [4.78, 5) is 17.3. The Balaban J connectivity index is 1.44. The van der Waals surface area contributed by atoms with Gasteiger partial charge in [-0.05, 0) is 43.5 Å². The van der Waals surface area contributed by atoms with E-state index in [0.717, 1.165) is 31.6 Å². The van der Waals surface area contributed by atoms with Crippen molar-refractivity contribution in [3.8, 4) is 11.4 Å². The van der Waals surface area contributed by atoms with Crippen molar-refractivity contribution in [1.29, 1.82) is 0 Å². The molecular formula is C19H20N6O. The first kappa shape index (κ1) is 15.3. The van der Waals surface area contributed by atoms with Crippen molar-refractivity contribution < 1.29 is 4.79 Å². The van der Waals surface area contributed by atoms with Gasteiger partial charge in [-0.3, -0.25) is 14.9 Å². The van der Waals surface area contributed by atoms with Gasteiger partial charge in [-0.25, -0.2) is 0 Å². The molecule has 1 aliphatic carbocycles. The van der Waals surface area contributed by atoms with E-state index < -0.39 is 0 Å². The van der Waals surface area contributed by atoms with Crippen molar-refractivity contribution in [2.45, 2.75) is 31.3 Å². The van der Waals surface area contributed by atoms with Gasteiger partial charge < -0.3 is 15.2 Å². The minimum Gasteiger partial charge on any atom is -0.338 e. The summed E-state index contributed by atoms with van der Waals surface area (Å²) < 4.78 is 2.16. The number of H-pyrrole nitrogens is 1. The molecule has 3 N–H and O–H groups in total. The smallest absolute Gasteiger partial charge is 0.272 e. The van der Waals surface area contributed by atoms with Crippen LogP contribution in [0.5, 0.6) is 0 Å². The number of fused-ring (bicyclic) bond motifs is 2. The first-order chi connectivity index (χ1) is 12.8. The van der Waals surface area contributed by atoms with Crippen LogP contribution >= 0.6 is 0 Å². The number of carbonyl (C=O) groups is 1. The first-order valence-corrected chi connectivity index (χ1v) is 8.98. The van der Waals surface area contributed by atoms with E-state index in [4.69, 9.17) is 0 Å². The number of amides is 1. The molecule has 0 aromatic carbocycles. The number of nitrogens with zero attached hydrogens (tertiary/aromatic N) is 3. The van der Waals surface area contributed by atoms with Crippen LogP contribution in [0.25, 0.3) is 11.4 Å². The van der Waals surface area contributed by atoms with Crippen LogP contribution in [0.4, 0.5) is 5.69 Å². The van der Waals surface area contributed by atoms with E-state index in [1.807, 2.05) is 24.3 Å². The quantitative estimate of drug-likeness (QED) is 0.679. The molecule has 1 amide bonds. The van der Waals surface area contributed by atoms with Crippen molar-refractivity contribution in [2.75, 3.05) is 11.9 Å². The normalized spacial score (nSPS) is 17.5. The third kappa shape index (κ3) is 2.28. The monoisotopic (exact) mass is 348 g/mol. The highest BCUT2D eigenvalue weighted by Crippen LogP contribution is 2.43. The Morgan fingerprint density at radius 2 is 2.15 bits per heavy atom. The number of carbonyl (C=O) groups excluding carboxylic acids is 1. The molecule has 132 valence electrons. The predicted octanol–water partition coefficient (Wildman–Crippen LogP) is 2.51. The minimum atomic E-state index is -0.119. The molecule has 2 aliphatic rings. The largest absolute Gasteiger partial charge is 0.338 e. The number of anilines is 1. The van der Waals surface area contributed by atoms with Gasteiger partial charge in [-0.1, -0.05) is 6.07 Å². The lowest BCUT2D eigenvalue weighted by atomic mass is 9.73. The van der Waals surface area contributed by atoms with Crippen LogP contribution in [-0.4, -0.2) is 32.2 Å². The lowest BCUT2D eigenvalue weighted by Crippen LogP contribution is -2.53. The maximum Gasteiger partial charge on any atom is 0.272 e. The number of hydrogen-bond acceptors (Lipinski definition) is 4. The predicted molar refractivity (Wildman–Crippen MR) is 97.7 cm³/mol. The molecule has 4 heterocycles. The van der Waals surface area contributed by atoms with Crippen LogP contribution in [0, 0.1) is 0 Å². The van der Waals surface area contributed by atoms with Crippen LogP contribution in [-0.2, 0) is 12.1 Å². The summed E-state index contributed by atoms with van der Waals surface area (Å²) in [5, 5.41) is 13.6. The highest BCUT2D eigenvalue weighted by atomic mass is 16.2. The van der Waals surface area contributed by atoms with E-state index in [9.17, 15) is 4.79 Å². The highest BCUT2D eigenvalue weighted by Gasteiger charge is 2.43. The summed E-state index contributed by atoms with van der Waals surface area (Å²) in [5.41, 5.74) is 4.09. The van der Waals surface area contributed by atoms with Crippen LogP contribution in [0.15, 0.2) is 42.7 Å². The topological polar surface area (TPSA) is 87.6 Å². The summed E-state index contributed by atoms with van der Waals surface area (Å²) in [6, 6.07) is 9.67. The molecular weight excluding hydrogens is 328 g/mol. The van der Waals surface area contributed by atoms with Gasteiger partial charge in [0.2, 0.25) is 0 Å². The average molecular weight is 348 g/mol. The Morgan fingerprint density at radius 3 is 2.92 bits per heavy atom. The Labute approximate surface area is 150 Å². The summed E-state index contributed by atoms with van der Waals surface area (Å²) in [6.07, 6.45) is 6.86. The Kier molecular flexibility index (Phi) is 3.43. The molecule has 3 aromatic rings. The zero-order valence-corrected chi connectivity index (χ0v) is 14.3. The summed E-state index contributed by atoms with van der Waals surface area (Å²) in [6.45, 7) is 1.71. The second-order valence-corrected chi connectivity index (χ2v) is 6.95. The van der Waals surface area contributed by atoms with Gasteiger partial charge in [-0.2, -0.15) is 5.10 Å². The van der Waals surface area contributed by atoms with Gasteiger partial charge in [0, 0.05) is 25.0 Å². The van der Waals surface area contributed by atoms with E-state index in [1.54, 1.807) is 12.4 Å². The molecule has 26 heavy (non-hydrogen) atoms. The van der Waals surface area contributed by atoms with E-state index in [1.165, 1.54) is 12.1 Å². The van der Waals surface area contributed by atoms with E-state index >= 15 is 0 Å². The molecule has 0 bridgehead atoms. The van der Waals surface area contributed by atoms with Crippen molar-refractivity contribution >= 4 is 11.6 Å². The summed E-state index contributed by atoms with van der Waals surface area (Å²) in [5.74, 6) is -0.119. The van der Waals surface area contributed by atoms with Crippen LogP contribution < -0.4 is 10.6 Å². The van der Waals surface area contributed by atoms with Gasteiger partial charge in [0.25, 0.3) is 5.91 Å². The maximum absolute atomic E-state index is 12.9. The second kappa shape index (κ2) is 5.81. The molecule has 0 atom stereocenters. The fraction of sp³-hybridized carbons (Fsp3) is 0.316. The van der Waals surface area contributed by atoms with E-state index in [0.29, 0.717) is 17.1 Å². The minimum absolute atomic E-state index is 0.0749. The van der Waals surface area contributed by atoms with E-state index in [2.05, 4.69) is 36.4 Å². The zero-order chi connectivity index (χ0) is 17.6. The lowest BCUT2D eigenvalue weighted by Gasteiger charge is -2.46. The van der Waals surface area contributed by atoms with Gasteiger partial charge in [0.15, 0.2) is 0 Å². The van der Waals surface area contributed by atoms with Crippen molar-refractivity contribution in [2.24, 2.45) is 0 Å². The number of rotatable bonds is 3. The van der Waals surface area contributed by atoms with Gasteiger partial charge in [0.1, 0.15) is 11.4 Å². The molecule has 0 saturated heterocycles. The average Bonchev–Trinajstić information content (AvgIpc) is 3.27. The molecule has 1 fully saturated rings. The number of hydrogen-bond donors (Lipinski definition) is 3. The number of nitrogens with one attached hydrogen (secondary N) is 3. The molecule has 1 aliphatic heterocycles. The molecule has 0 unspecified atom stereocenters.